The maximum atomic E-state index is 13.3. The van der Waals surface area contributed by atoms with E-state index in [-0.39, 0.29) is 24.3 Å². The van der Waals surface area contributed by atoms with Gasteiger partial charge in [0.2, 0.25) is 0 Å². The normalized spacial score (nSPS) is 10.8. The van der Waals surface area contributed by atoms with Crippen molar-refractivity contribution in [3.8, 4) is 5.75 Å². The Morgan fingerprint density at radius 2 is 1.89 bits per heavy atom. The number of ether oxygens (including phenoxy) is 1. The highest BCUT2D eigenvalue weighted by Crippen LogP contribution is 2.27. The summed E-state index contributed by atoms with van der Waals surface area (Å²) in [5.74, 6) is -4.87. The van der Waals surface area contributed by atoms with Gasteiger partial charge in [-0.2, -0.15) is 0 Å². The van der Waals surface area contributed by atoms with E-state index in [2.05, 4.69) is 4.98 Å². The Hall–Kier alpha value is -2.58. The number of carboxylic acids is 1. The molecule has 1 aromatic heterocycles. The lowest BCUT2D eigenvalue weighted by Crippen LogP contribution is -2.02. The van der Waals surface area contributed by atoms with Crippen molar-refractivity contribution in [2.75, 3.05) is 0 Å². The van der Waals surface area contributed by atoms with Crippen LogP contribution >= 0.6 is 22.9 Å². The molecule has 3 rings (SSSR count). The zero-order valence-electron chi connectivity index (χ0n) is 13.5. The predicted molar refractivity (Wildman–Crippen MR) is 94.0 cm³/mol. The summed E-state index contributed by atoms with van der Waals surface area (Å²) in [6.45, 7) is -0.193. The van der Waals surface area contributed by atoms with Gasteiger partial charge in [0.15, 0.2) is 23.1 Å². The first-order valence-corrected chi connectivity index (χ1v) is 8.81. The Labute approximate surface area is 160 Å². The van der Waals surface area contributed by atoms with Crippen LogP contribution in [0.25, 0.3) is 0 Å². The monoisotopic (exact) mass is 413 g/mol. The lowest BCUT2D eigenvalue weighted by atomic mass is 10.1. The number of rotatable bonds is 6. The van der Waals surface area contributed by atoms with Crippen LogP contribution in [0.1, 0.15) is 26.6 Å². The summed E-state index contributed by atoms with van der Waals surface area (Å²) in [4.78, 5) is 14.9. The molecule has 0 atom stereocenters. The third-order valence-electron chi connectivity index (χ3n) is 3.57. The average Bonchev–Trinajstić information content (AvgIpc) is 3.08. The van der Waals surface area contributed by atoms with Crippen molar-refractivity contribution >= 4 is 28.9 Å². The Balaban J connectivity index is 1.80. The van der Waals surface area contributed by atoms with Crippen LogP contribution in [0.4, 0.5) is 13.2 Å². The summed E-state index contributed by atoms with van der Waals surface area (Å²) >= 11 is 7.18. The summed E-state index contributed by atoms with van der Waals surface area (Å²) in [5, 5.41) is 11.3. The maximum absolute atomic E-state index is 13.3. The first kappa shape index (κ1) is 19.2. The molecular formula is C18H11ClF3NO3S. The molecule has 0 amide bonds. The summed E-state index contributed by atoms with van der Waals surface area (Å²) in [6, 6.07) is 6.50. The smallest absolute Gasteiger partial charge is 0.355 e. The molecule has 0 fully saturated rings. The fourth-order valence-corrected chi connectivity index (χ4v) is 3.32. The van der Waals surface area contributed by atoms with E-state index in [9.17, 15) is 18.0 Å². The van der Waals surface area contributed by atoms with Crippen molar-refractivity contribution in [2.45, 2.75) is 13.0 Å². The molecule has 9 heteroatoms. The van der Waals surface area contributed by atoms with Gasteiger partial charge in [0, 0.05) is 22.4 Å². The van der Waals surface area contributed by atoms with Crippen molar-refractivity contribution in [1.82, 2.24) is 4.98 Å². The van der Waals surface area contributed by atoms with Crippen molar-refractivity contribution < 1.29 is 27.8 Å². The average molecular weight is 414 g/mol. The molecule has 0 aliphatic rings. The zero-order chi connectivity index (χ0) is 19.6. The Kier molecular flexibility index (Phi) is 5.67. The number of hydrogen-bond donors (Lipinski definition) is 1. The van der Waals surface area contributed by atoms with Crippen LogP contribution in [-0.2, 0) is 13.0 Å². The van der Waals surface area contributed by atoms with Crippen LogP contribution in [0.5, 0.6) is 5.75 Å². The zero-order valence-corrected chi connectivity index (χ0v) is 15.1. The van der Waals surface area contributed by atoms with E-state index in [1.165, 1.54) is 16.7 Å². The fraction of sp³-hybridized carbons (Fsp3) is 0.111. The van der Waals surface area contributed by atoms with Gasteiger partial charge in [-0.1, -0.05) is 11.6 Å². The molecule has 0 saturated carbocycles. The second kappa shape index (κ2) is 7.98. The molecule has 3 aromatic rings. The van der Waals surface area contributed by atoms with Crippen LogP contribution in [0.3, 0.4) is 0 Å². The molecule has 0 aliphatic carbocycles. The van der Waals surface area contributed by atoms with Gasteiger partial charge in [-0.25, -0.2) is 22.9 Å². The first-order valence-electron chi connectivity index (χ1n) is 7.56. The first-order chi connectivity index (χ1) is 12.8. The Morgan fingerprint density at radius 1 is 1.19 bits per heavy atom. The topological polar surface area (TPSA) is 59.4 Å². The SMILES string of the molecule is O=C(O)c1csc(Cc2cc(Cl)ccc2OCc2cc(F)c(F)c(F)c2)n1. The maximum Gasteiger partial charge on any atom is 0.355 e. The number of nitrogens with zero attached hydrogens (tertiary/aromatic N) is 1. The molecular weight excluding hydrogens is 403 g/mol. The molecule has 0 bridgehead atoms. The van der Waals surface area contributed by atoms with Crippen LogP contribution in [0.2, 0.25) is 5.02 Å². The molecule has 0 radical (unpaired) electrons. The second-order valence-corrected chi connectivity index (χ2v) is 6.90. The molecule has 2 aromatic carbocycles. The number of carbonyl (C=O) groups is 1. The Bertz CT molecular complexity index is 986. The Morgan fingerprint density at radius 3 is 2.52 bits per heavy atom. The van der Waals surface area contributed by atoms with E-state index in [0.29, 0.717) is 21.3 Å². The minimum atomic E-state index is -1.54. The van der Waals surface area contributed by atoms with Crippen LogP contribution in [0.15, 0.2) is 35.7 Å². The number of carboxylic acid groups (broad SMARTS) is 1. The van der Waals surface area contributed by atoms with E-state index >= 15 is 0 Å². The molecule has 1 N–H and O–H groups in total. The van der Waals surface area contributed by atoms with E-state index in [1.807, 2.05) is 0 Å². The number of hydrogen-bond acceptors (Lipinski definition) is 4. The van der Waals surface area contributed by atoms with Crippen molar-refractivity contribution in [2.24, 2.45) is 0 Å². The van der Waals surface area contributed by atoms with Gasteiger partial charge in [0.25, 0.3) is 0 Å². The summed E-state index contributed by atoms with van der Waals surface area (Å²) in [7, 11) is 0. The third kappa shape index (κ3) is 4.58. The number of benzene rings is 2. The molecule has 1 heterocycles. The van der Waals surface area contributed by atoms with E-state index in [1.54, 1.807) is 18.2 Å². The molecule has 0 unspecified atom stereocenters. The fourth-order valence-electron chi connectivity index (χ4n) is 2.33. The number of aromatic carboxylic acids is 1. The van der Waals surface area contributed by atoms with E-state index in [4.69, 9.17) is 21.4 Å². The number of thiazole rings is 1. The van der Waals surface area contributed by atoms with Gasteiger partial charge in [0.1, 0.15) is 12.4 Å². The molecule has 140 valence electrons. The molecule has 0 aliphatic heterocycles. The van der Waals surface area contributed by atoms with Gasteiger partial charge in [-0.3, -0.25) is 0 Å². The highest BCUT2D eigenvalue weighted by Gasteiger charge is 2.14. The van der Waals surface area contributed by atoms with E-state index < -0.39 is 23.4 Å². The molecule has 0 spiro atoms. The largest absolute Gasteiger partial charge is 0.489 e. The highest BCUT2D eigenvalue weighted by molar-refractivity contribution is 7.09. The van der Waals surface area contributed by atoms with Gasteiger partial charge >= 0.3 is 5.97 Å². The van der Waals surface area contributed by atoms with Crippen LogP contribution < -0.4 is 4.74 Å². The molecule has 4 nitrogen and oxygen atoms in total. The van der Waals surface area contributed by atoms with Gasteiger partial charge < -0.3 is 9.84 Å². The van der Waals surface area contributed by atoms with Crippen molar-refractivity contribution in [1.29, 1.82) is 0 Å². The van der Waals surface area contributed by atoms with Gasteiger partial charge in [0.05, 0.1) is 5.01 Å². The lowest BCUT2D eigenvalue weighted by Gasteiger charge is -2.12. The molecule has 0 saturated heterocycles. The van der Waals surface area contributed by atoms with E-state index in [0.717, 1.165) is 12.1 Å². The second-order valence-electron chi connectivity index (χ2n) is 5.52. The minimum absolute atomic E-state index is 0.0586. The number of aromatic nitrogens is 1. The number of halogens is 4. The standard InChI is InChI=1S/C18H11ClF3NO3S/c19-11-1-2-15(26-7-9-3-12(20)17(22)13(21)4-9)10(5-11)6-16-23-14(8-27-16)18(24)25/h1-5,8H,6-7H2,(H,24,25). The summed E-state index contributed by atoms with van der Waals surface area (Å²) < 4.78 is 45.3. The van der Waals surface area contributed by atoms with Crippen LogP contribution in [-0.4, -0.2) is 16.1 Å². The van der Waals surface area contributed by atoms with Gasteiger partial charge in [-0.05, 0) is 35.9 Å². The van der Waals surface area contributed by atoms with Crippen LogP contribution in [0, 0.1) is 17.5 Å². The predicted octanol–water partition coefficient (Wildman–Crippen LogP) is 5.08. The van der Waals surface area contributed by atoms with Gasteiger partial charge in [-0.15, -0.1) is 11.3 Å². The summed E-state index contributed by atoms with van der Waals surface area (Å²) in [6.07, 6.45) is 0.264. The highest BCUT2D eigenvalue weighted by atomic mass is 35.5. The third-order valence-corrected chi connectivity index (χ3v) is 4.66. The lowest BCUT2D eigenvalue weighted by molar-refractivity contribution is 0.0691. The van der Waals surface area contributed by atoms with Crippen molar-refractivity contribution in [3.63, 3.8) is 0 Å². The quantitative estimate of drug-likeness (QED) is 0.572. The minimum Gasteiger partial charge on any atom is -0.489 e. The van der Waals surface area contributed by atoms with Crippen molar-refractivity contribution in [3.05, 3.63) is 80.0 Å². The summed E-state index contributed by atoms with van der Waals surface area (Å²) in [5.41, 5.74) is 0.684. The molecule has 27 heavy (non-hydrogen) atoms.